The number of aryl methyl sites for hydroxylation is 2. The fraction of sp³-hybridized carbons (Fsp3) is 0.412. The van der Waals surface area contributed by atoms with E-state index in [2.05, 4.69) is 10.4 Å². The van der Waals surface area contributed by atoms with Crippen molar-refractivity contribution in [3.8, 4) is 0 Å². The third-order valence-corrected chi connectivity index (χ3v) is 4.45. The van der Waals surface area contributed by atoms with Crippen LogP contribution in [0.15, 0.2) is 18.2 Å². The van der Waals surface area contributed by atoms with Gasteiger partial charge in [-0.3, -0.25) is 14.4 Å². The Morgan fingerprint density at radius 1 is 1.35 bits per heavy atom. The quantitative estimate of drug-likeness (QED) is 0.914. The first-order valence-electron chi connectivity index (χ1n) is 7.52. The molecular weight excluding hydrogens is 312 g/mol. The number of rotatable bonds is 5. The van der Waals surface area contributed by atoms with Gasteiger partial charge in [-0.15, -0.1) is 0 Å². The maximum atomic E-state index is 12.2. The van der Waals surface area contributed by atoms with E-state index < -0.39 is 0 Å². The Bertz CT molecular complexity index is 724. The topological polar surface area (TPSA) is 50.2 Å². The van der Waals surface area contributed by atoms with Crippen LogP contribution in [0.5, 0.6) is 0 Å². The molecule has 5 nitrogen and oxygen atoms in total. The first kappa shape index (κ1) is 17.5. The molecule has 0 unspecified atom stereocenters. The van der Waals surface area contributed by atoms with Crippen molar-refractivity contribution in [3.05, 3.63) is 45.7 Å². The zero-order valence-corrected chi connectivity index (χ0v) is 15.0. The Morgan fingerprint density at radius 2 is 2.04 bits per heavy atom. The number of benzene rings is 1. The van der Waals surface area contributed by atoms with E-state index in [9.17, 15) is 4.79 Å². The summed E-state index contributed by atoms with van der Waals surface area (Å²) >= 11 is 6.08. The summed E-state index contributed by atoms with van der Waals surface area (Å²) in [5, 5.41) is 7.97. The number of aromatic nitrogens is 2. The van der Waals surface area contributed by atoms with Crippen molar-refractivity contribution in [2.75, 3.05) is 18.9 Å². The van der Waals surface area contributed by atoms with Crippen LogP contribution in [0.3, 0.4) is 0 Å². The molecule has 2 rings (SSSR count). The van der Waals surface area contributed by atoms with E-state index in [0.29, 0.717) is 18.1 Å². The SMILES string of the molecule is Cc1nn(C)c(C)c1CN(C)CC(=O)Nc1cccc(Cl)c1C. The van der Waals surface area contributed by atoms with Crippen molar-refractivity contribution in [3.63, 3.8) is 0 Å². The molecule has 1 amide bonds. The van der Waals surface area contributed by atoms with E-state index in [1.54, 1.807) is 0 Å². The predicted octanol–water partition coefficient (Wildman–Crippen LogP) is 3.07. The molecule has 0 bridgehead atoms. The Balaban J connectivity index is 1.98. The first-order valence-corrected chi connectivity index (χ1v) is 7.90. The van der Waals surface area contributed by atoms with Gasteiger partial charge in [0.05, 0.1) is 12.2 Å². The van der Waals surface area contributed by atoms with Gasteiger partial charge in [0.1, 0.15) is 0 Å². The lowest BCUT2D eigenvalue weighted by Crippen LogP contribution is -2.30. The molecule has 0 atom stereocenters. The second-order valence-corrected chi connectivity index (χ2v) is 6.31. The van der Waals surface area contributed by atoms with Crippen LogP contribution in [0.25, 0.3) is 0 Å². The van der Waals surface area contributed by atoms with Gasteiger partial charge in [0, 0.05) is 35.6 Å². The lowest BCUT2D eigenvalue weighted by molar-refractivity contribution is -0.117. The molecule has 0 aliphatic rings. The van der Waals surface area contributed by atoms with Gasteiger partial charge in [0.2, 0.25) is 5.91 Å². The summed E-state index contributed by atoms with van der Waals surface area (Å²) in [6.07, 6.45) is 0. The second kappa shape index (κ2) is 7.15. The minimum atomic E-state index is -0.0583. The number of hydrogen-bond donors (Lipinski definition) is 1. The highest BCUT2D eigenvalue weighted by Crippen LogP contribution is 2.23. The summed E-state index contributed by atoms with van der Waals surface area (Å²) in [7, 11) is 3.86. The summed E-state index contributed by atoms with van der Waals surface area (Å²) in [6, 6.07) is 5.50. The van der Waals surface area contributed by atoms with Crippen LogP contribution in [0.1, 0.15) is 22.5 Å². The Morgan fingerprint density at radius 3 is 2.65 bits per heavy atom. The molecule has 0 spiro atoms. The van der Waals surface area contributed by atoms with Gasteiger partial charge in [-0.05, 0) is 45.5 Å². The Labute approximate surface area is 142 Å². The minimum absolute atomic E-state index is 0.0583. The number of hydrogen-bond acceptors (Lipinski definition) is 3. The third kappa shape index (κ3) is 4.12. The molecule has 124 valence electrons. The van der Waals surface area contributed by atoms with Gasteiger partial charge in [0.25, 0.3) is 0 Å². The van der Waals surface area contributed by atoms with Gasteiger partial charge >= 0.3 is 0 Å². The fourth-order valence-electron chi connectivity index (χ4n) is 2.55. The molecule has 1 N–H and O–H groups in total. The van der Waals surface area contributed by atoms with Crippen LogP contribution >= 0.6 is 11.6 Å². The van der Waals surface area contributed by atoms with Crippen molar-refractivity contribution in [2.45, 2.75) is 27.3 Å². The summed E-state index contributed by atoms with van der Waals surface area (Å²) in [5.41, 5.74) is 4.93. The van der Waals surface area contributed by atoms with E-state index in [1.165, 1.54) is 5.56 Å². The molecule has 6 heteroatoms. The van der Waals surface area contributed by atoms with Crippen molar-refractivity contribution in [1.29, 1.82) is 0 Å². The number of carbonyl (C=O) groups is 1. The fourth-order valence-corrected chi connectivity index (χ4v) is 2.72. The number of nitrogens with zero attached hydrogens (tertiary/aromatic N) is 3. The Kier molecular flexibility index (Phi) is 5.44. The van der Waals surface area contributed by atoms with Crippen LogP contribution < -0.4 is 5.32 Å². The number of halogens is 1. The van der Waals surface area contributed by atoms with Gasteiger partial charge in [-0.1, -0.05) is 17.7 Å². The average Bonchev–Trinajstić information content (AvgIpc) is 2.70. The standard InChI is InChI=1S/C17H23ClN4O/c1-11-15(18)7-6-8-16(11)19-17(23)10-21(4)9-14-12(2)20-22(5)13(14)3/h6-8H,9-10H2,1-5H3,(H,19,23). The lowest BCUT2D eigenvalue weighted by Gasteiger charge is -2.17. The monoisotopic (exact) mass is 334 g/mol. The molecule has 2 aromatic rings. The molecule has 0 saturated carbocycles. The molecule has 0 aliphatic carbocycles. The van der Waals surface area contributed by atoms with Crippen LogP contribution in [0.2, 0.25) is 5.02 Å². The number of amides is 1. The second-order valence-electron chi connectivity index (χ2n) is 5.91. The molecule has 0 aliphatic heterocycles. The predicted molar refractivity (Wildman–Crippen MR) is 93.8 cm³/mol. The van der Waals surface area contributed by atoms with Gasteiger partial charge in [-0.2, -0.15) is 5.10 Å². The molecule has 0 fully saturated rings. The summed E-state index contributed by atoms with van der Waals surface area (Å²) in [4.78, 5) is 14.2. The highest BCUT2D eigenvalue weighted by molar-refractivity contribution is 6.31. The number of anilines is 1. The van der Waals surface area contributed by atoms with Crippen molar-refractivity contribution in [1.82, 2.24) is 14.7 Å². The maximum Gasteiger partial charge on any atom is 0.238 e. The zero-order chi connectivity index (χ0) is 17.1. The zero-order valence-electron chi connectivity index (χ0n) is 14.3. The number of nitrogens with one attached hydrogen (secondary N) is 1. The molecule has 1 heterocycles. The summed E-state index contributed by atoms with van der Waals surface area (Å²) < 4.78 is 1.87. The third-order valence-electron chi connectivity index (χ3n) is 4.04. The molecule has 1 aromatic heterocycles. The van der Waals surface area contributed by atoms with Gasteiger partial charge in [0.15, 0.2) is 0 Å². The van der Waals surface area contributed by atoms with Gasteiger partial charge < -0.3 is 5.32 Å². The van der Waals surface area contributed by atoms with Crippen LogP contribution in [-0.4, -0.2) is 34.2 Å². The molecular formula is C17H23ClN4O. The normalized spacial score (nSPS) is 11.1. The van der Waals surface area contributed by atoms with E-state index in [4.69, 9.17) is 11.6 Å². The van der Waals surface area contributed by atoms with E-state index in [0.717, 1.165) is 22.6 Å². The number of likely N-dealkylation sites (N-methyl/N-ethyl adjacent to an activating group) is 1. The van der Waals surface area contributed by atoms with Crippen molar-refractivity contribution < 1.29 is 4.79 Å². The van der Waals surface area contributed by atoms with E-state index >= 15 is 0 Å². The summed E-state index contributed by atoms with van der Waals surface area (Å²) in [6.45, 7) is 6.92. The first-order chi connectivity index (χ1) is 10.8. The number of carbonyl (C=O) groups excluding carboxylic acids is 1. The van der Waals surface area contributed by atoms with E-state index in [-0.39, 0.29) is 5.91 Å². The molecule has 1 aromatic carbocycles. The molecule has 23 heavy (non-hydrogen) atoms. The minimum Gasteiger partial charge on any atom is -0.325 e. The smallest absolute Gasteiger partial charge is 0.238 e. The average molecular weight is 335 g/mol. The van der Waals surface area contributed by atoms with Crippen molar-refractivity contribution >= 4 is 23.2 Å². The lowest BCUT2D eigenvalue weighted by atomic mass is 10.2. The van der Waals surface area contributed by atoms with Crippen LogP contribution in [0, 0.1) is 20.8 Å². The largest absolute Gasteiger partial charge is 0.325 e. The van der Waals surface area contributed by atoms with Crippen LogP contribution in [0.4, 0.5) is 5.69 Å². The highest BCUT2D eigenvalue weighted by atomic mass is 35.5. The molecule has 0 radical (unpaired) electrons. The van der Waals surface area contributed by atoms with Crippen LogP contribution in [-0.2, 0) is 18.4 Å². The van der Waals surface area contributed by atoms with E-state index in [1.807, 2.05) is 62.6 Å². The maximum absolute atomic E-state index is 12.2. The highest BCUT2D eigenvalue weighted by Gasteiger charge is 2.14. The van der Waals surface area contributed by atoms with Crippen molar-refractivity contribution in [2.24, 2.45) is 7.05 Å². The Hall–Kier alpha value is -1.85. The molecule has 0 saturated heterocycles. The summed E-state index contributed by atoms with van der Waals surface area (Å²) in [5.74, 6) is -0.0583. The van der Waals surface area contributed by atoms with Gasteiger partial charge in [-0.25, -0.2) is 0 Å².